The maximum Gasteiger partial charge on any atom is 0.118 e. The van der Waals surface area contributed by atoms with E-state index in [1.807, 2.05) is 49.4 Å². The van der Waals surface area contributed by atoms with Crippen LogP contribution in [-0.2, 0) is 5.60 Å². The van der Waals surface area contributed by atoms with E-state index in [-0.39, 0.29) is 5.92 Å². The lowest BCUT2D eigenvalue weighted by molar-refractivity contribution is 0.0280. The van der Waals surface area contributed by atoms with Gasteiger partial charge in [0, 0.05) is 12.1 Å². The van der Waals surface area contributed by atoms with Crippen LogP contribution in [0.5, 0.6) is 5.75 Å². The van der Waals surface area contributed by atoms with Crippen LogP contribution in [0.2, 0.25) is 0 Å². The second-order valence-corrected chi connectivity index (χ2v) is 4.86. The first-order chi connectivity index (χ1) is 9.05. The molecule has 2 atom stereocenters. The van der Waals surface area contributed by atoms with Gasteiger partial charge in [-0.15, -0.1) is 0 Å². The largest absolute Gasteiger partial charge is 0.497 e. The summed E-state index contributed by atoms with van der Waals surface area (Å²) >= 11 is 0. The second kappa shape index (κ2) is 5.41. The molecule has 0 spiro atoms. The van der Waals surface area contributed by atoms with Gasteiger partial charge in [-0.05, 0) is 36.8 Å². The minimum atomic E-state index is -1.00. The Kier molecular flexibility index (Phi) is 3.86. The molecule has 1 heterocycles. The quantitative estimate of drug-likeness (QED) is 0.915. The summed E-state index contributed by atoms with van der Waals surface area (Å²) in [5.41, 5.74) is 0.727. The van der Waals surface area contributed by atoms with Crippen molar-refractivity contribution in [3.63, 3.8) is 0 Å². The molecule has 0 bridgehead atoms. The van der Waals surface area contributed by atoms with Crippen molar-refractivity contribution >= 4 is 0 Å². The summed E-state index contributed by atoms with van der Waals surface area (Å²) in [6, 6.07) is 13.3. The Hall–Kier alpha value is -1.87. The van der Waals surface area contributed by atoms with Crippen LogP contribution in [0.4, 0.5) is 0 Å². The Morgan fingerprint density at radius 3 is 2.37 bits per heavy atom. The number of methoxy groups -OCH3 is 1. The topological polar surface area (TPSA) is 42.4 Å². The number of rotatable bonds is 4. The van der Waals surface area contributed by atoms with E-state index in [0.717, 1.165) is 11.3 Å². The predicted octanol–water partition coefficient (Wildman–Crippen LogP) is 3.10. The first-order valence-electron chi connectivity index (χ1n) is 6.33. The number of hydrogen-bond donors (Lipinski definition) is 1. The fraction of sp³-hybridized carbons (Fsp3) is 0.312. The van der Waals surface area contributed by atoms with Crippen molar-refractivity contribution in [1.29, 1.82) is 0 Å². The van der Waals surface area contributed by atoms with Crippen molar-refractivity contribution < 1.29 is 9.84 Å². The number of hydrogen-bond acceptors (Lipinski definition) is 3. The van der Waals surface area contributed by atoms with Crippen molar-refractivity contribution in [2.75, 3.05) is 7.11 Å². The highest BCUT2D eigenvalue weighted by Crippen LogP contribution is 2.35. The minimum Gasteiger partial charge on any atom is -0.497 e. The third-order valence-electron chi connectivity index (χ3n) is 3.64. The van der Waals surface area contributed by atoms with E-state index in [9.17, 15) is 5.11 Å². The van der Waals surface area contributed by atoms with E-state index in [2.05, 4.69) is 4.98 Å². The normalized spacial score (nSPS) is 15.6. The number of pyridine rings is 1. The highest BCUT2D eigenvalue weighted by atomic mass is 16.5. The van der Waals surface area contributed by atoms with Crippen LogP contribution < -0.4 is 4.74 Å². The van der Waals surface area contributed by atoms with Gasteiger partial charge in [0.15, 0.2) is 0 Å². The third-order valence-corrected chi connectivity index (χ3v) is 3.64. The molecule has 0 unspecified atom stereocenters. The molecule has 3 heteroatoms. The molecule has 0 saturated carbocycles. The molecule has 1 aromatic carbocycles. The average Bonchev–Trinajstić information content (AvgIpc) is 2.47. The van der Waals surface area contributed by atoms with Gasteiger partial charge in [-0.2, -0.15) is 0 Å². The van der Waals surface area contributed by atoms with E-state index in [4.69, 9.17) is 4.74 Å². The molecule has 0 aliphatic rings. The van der Waals surface area contributed by atoms with Gasteiger partial charge < -0.3 is 9.84 Å². The molecule has 2 rings (SSSR count). The summed E-state index contributed by atoms with van der Waals surface area (Å²) in [5, 5.41) is 10.7. The fourth-order valence-electron chi connectivity index (χ4n) is 2.10. The zero-order chi connectivity index (χ0) is 13.9. The molecule has 0 aliphatic carbocycles. The van der Waals surface area contributed by atoms with Crippen molar-refractivity contribution in [3.05, 3.63) is 59.9 Å². The summed E-state index contributed by atoms with van der Waals surface area (Å²) in [5.74, 6) is 0.752. The Morgan fingerprint density at radius 2 is 1.84 bits per heavy atom. The van der Waals surface area contributed by atoms with E-state index in [0.29, 0.717) is 5.69 Å². The zero-order valence-electron chi connectivity index (χ0n) is 11.5. The van der Waals surface area contributed by atoms with Crippen molar-refractivity contribution in [2.24, 2.45) is 0 Å². The zero-order valence-corrected chi connectivity index (χ0v) is 11.5. The van der Waals surface area contributed by atoms with Crippen LogP contribution in [0.15, 0.2) is 48.7 Å². The molecule has 0 fully saturated rings. The average molecular weight is 257 g/mol. The Labute approximate surface area is 113 Å². The highest BCUT2D eigenvalue weighted by Gasteiger charge is 2.32. The number of benzene rings is 1. The van der Waals surface area contributed by atoms with Crippen LogP contribution in [0, 0.1) is 0 Å². The summed E-state index contributed by atoms with van der Waals surface area (Å²) < 4.78 is 5.14. The molecule has 0 radical (unpaired) electrons. The number of ether oxygens (including phenoxy) is 1. The predicted molar refractivity (Wildman–Crippen MR) is 75.2 cm³/mol. The Balaban J connectivity index is 2.29. The van der Waals surface area contributed by atoms with E-state index in [1.165, 1.54) is 0 Å². The molecule has 3 nitrogen and oxygen atoms in total. The first-order valence-corrected chi connectivity index (χ1v) is 6.33. The lowest BCUT2D eigenvalue weighted by Crippen LogP contribution is -2.29. The lowest BCUT2D eigenvalue weighted by Gasteiger charge is -2.30. The van der Waals surface area contributed by atoms with Gasteiger partial charge in [0.25, 0.3) is 0 Å². The fourth-order valence-corrected chi connectivity index (χ4v) is 2.10. The molecule has 0 amide bonds. The van der Waals surface area contributed by atoms with Crippen molar-refractivity contribution in [2.45, 2.75) is 25.4 Å². The van der Waals surface area contributed by atoms with Gasteiger partial charge in [-0.3, -0.25) is 4.98 Å². The number of aromatic nitrogens is 1. The molecule has 1 aromatic heterocycles. The lowest BCUT2D eigenvalue weighted by atomic mass is 9.82. The monoisotopic (exact) mass is 257 g/mol. The van der Waals surface area contributed by atoms with Gasteiger partial charge >= 0.3 is 0 Å². The van der Waals surface area contributed by atoms with Gasteiger partial charge in [-0.1, -0.05) is 25.1 Å². The summed E-state index contributed by atoms with van der Waals surface area (Å²) in [6.45, 7) is 3.79. The third kappa shape index (κ3) is 2.76. The van der Waals surface area contributed by atoms with Crippen LogP contribution in [0.25, 0.3) is 0 Å². The summed E-state index contributed by atoms with van der Waals surface area (Å²) in [6.07, 6.45) is 1.70. The summed E-state index contributed by atoms with van der Waals surface area (Å²) in [4.78, 5) is 4.26. The van der Waals surface area contributed by atoms with Crippen LogP contribution in [0.1, 0.15) is 31.0 Å². The Morgan fingerprint density at radius 1 is 1.16 bits per heavy atom. The standard InChI is InChI=1S/C16H19NO2/c1-12(13-7-9-14(19-3)10-8-13)16(2,18)15-6-4-5-11-17-15/h4-12,18H,1-3H3/t12-,16-/m0/s1. The molecule has 19 heavy (non-hydrogen) atoms. The van der Waals surface area contributed by atoms with Crippen LogP contribution in [-0.4, -0.2) is 17.2 Å². The van der Waals surface area contributed by atoms with Crippen LogP contribution in [0.3, 0.4) is 0 Å². The van der Waals surface area contributed by atoms with Crippen molar-refractivity contribution in [1.82, 2.24) is 4.98 Å². The number of nitrogens with zero attached hydrogens (tertiary/aromatic N) is 1. The van der Waals surface area contributed by atoms with Crippen LogP contribution >= 0.6 is 0 Å². The van der Waals surface area contributed by atoms with Gasteiger partial charge in [0.2, 0.25) is 0 Å². The van der Waals surface area contributed by atoms with Crippen molar-refractivity contribution in [3.8, 4) is 5.75 Å². The molecule has 100 valence electrons. The molecule has 0 saturated heterocycles. The van der Waals surface area contributed by atoms with Gasteiger partial charge in [-0.25, -0.2) is 0 Å². The molecule has 0 aliphatic heterocycles. The maximum atomic E-state index is 10.7. The Bertz CT molecular complexity index is 520. The molecular weight excluding hydrogens is 238 g/mol. The maximum absolute atomic E-state index is 10.7. The first kappa shape index (κ1) is 13.6. The summed E-state index contributed by atoms with van der Waals surface area (Å²) in [7, 11) is 1.64. The molecular formula is C16H19NO2. The van der Waals surface area contributed by atoms with E-state index >= 15 is 0 Å². The smallest absolute Gasteiger partial charge is 0.118 e. The van der Waals surface area contributed by atoms with E-state index in [1.54, 1.807) is 20.2 Å². The van der Waals surface area contributed by atoms with Gasteiger partial charge in [0.05, 0.1) is 12.8 Å². The highest BCUT2D eigenvalue weighted by molar-refractivity contribution is 5.32. The SMILES string of the molecule is COc1ccc([C@H](C)[C@](C)(O)c2ccccn2)cc1. The molecule has 1 N–H and O–H groups in total. The minimum absolute atomic E-state index is 0.0618. The number of aliphatic hydroxyl groups is 1. The van der Waals surface area contributed by atoms with Gasteiger partial charge in [0.1, 0.15) is 11.4 Å². The molecule has 2 aromatic rings. The van der Waals surface area contributed by atoms with E-state index < -0.39 is 5.60 Å². The second-order valence-electron chi connectivity index (χ2n) is 4.86.